The first kappa shape index (κ1) is 19.5. The van der Waals surface area contributed by atoms with Crippen LogP contribution in [0.3, 0.4) is 0 Å². The molecule has 1 aromatic rings. The van der Waals surface area contributed by atoms with E-state index >= 15 is 0 Å². The van der Waals surface area contributed by atoms with Crippen molar-refractivity contribution in [1.82, 2.24) is 15.1 Å². The second-order valence-electron chi connectivity index (χ2n) is 7.55. The number of amides is 4. The second-order valence-corrected chi connectivity index (χ2v) is 7.95. The van der Waals surface area contributed by atoms with E-state index in [9.17, 15) is 14.4 Å². The fourth-order valence-corrected chi connectivity index (χ4v) is 3.36. The molecule has 1 aliphatic carbocycles. The van der Waals surface area contributed by atoms with Gasteiger partial charge in [0, 0.05) is 32.9 Å². The van der Waals surface area contributed by atoms with E-state index in [-0.39, 0.29) is 29.1 Å². The molecule has 2 aliphatic rings. The zero-order chi connectivity index (χ0) is 19.6. The topological polar surface area (TPSA) is 81.8 Å². The zero-order valence-corrected chi connectivity index (χ0v) is 16.4. The number of carbonyl (C=O) groups excluding carboxylic acids is 3. The minimum Gasteiger partial charge on any atom is -0.347 e. The average molecular weight is 393 g/mol. The number of hydrogen-bond acceptors (Lipinski definition) is 3. The van der Waals surface area contributed by atoms with E-state index in [4.69, 9.17) is 11.6 Å². The van der Waals surface area contributed by atoms with Crippen LogP contribution >= 0.6 is 11.6 Å². The normalized spacial score (nSPS) is 16.5. The molecule has 0 spiro atoms. The van der Waals surface area contributed by atoms with Gasteiger partial charge in [-0.1, -0.05) is 24.4 Å². The largest absolute Gasteiger partial charge is 0.347 e. The van der Waals surface area contributed by atoms with Crippen molar-refractivity contribution in [1.29, 1.82) is 0 Å². The van der Waals surface area contributed by atoms with Crippen LogP contribution in [0.5, 0.6) is 0 Å². The third-order valence-electron chi connectivity index (χ3n) is 4.97. The Morgan fingerprint density at radius 1 is 1.19 bits per heavy atom. The zero-order valence-electron chi connectivity index (χ0n) is 15.6. The van der Waals surface area contributed by atoms with Crippen LogP contribution in [0, 0.1) is 11.8 Å². The maximum Gasteiger partial charge on any atom is 0.321 e. The fraction of sp³-hybridized carbons (Fsp3) is 0.526. The highest BCUT2D eigenvalue weighted by Crippen LogP contribution is 2.38. The van der Waals surface area contributed by atoms with Gasteiger partial charge in [-0.2, -0.15) is 0 Å². The molecule has 0 bridgehead atoms. The average Bonchev–Trinajstić information content (AvgIpc) is 3.39. The van der Waals surface area contributed by atoms with Crippen molar-refractivity contribution in [3.63, 3.8) is 0 Å². The maximum absolute atomic E-state index is 12.3. The Morgan fingerprint density at radius 2 is 1.89 bits per heavy atom. The van der Waals surface area contributed by atoms with E-state index in [1.807, 2.05) is 0 Å². The molecule has 0 aromatic heterocycles. The third kappa shape index (κ3) is 5.13. The van der Waals surface area contributed by atoms with Crippen LogP contribution in [0.15, 0.2) is 18.2 Å². The molecule has 0 radical (unpaired) electrons. The van der Waals surface area contributed by atoms with Crippen LogP contribution in [0.1, 0.15) is 29.6 Å². The number of halogens is 1. The fourth-order valence-electron chi connectivity index (χ4n) is 3.10. The molecule has 146 valence electrons. The predicted octanol–water partition coefficient (Wildman–Crippen LogP) is 2.42. The molecule has 3 rings (SSSR count). The van der Waals surface area contributed by atoms with Crippen molar-refractivity contribution in [2.45, 2.75) is 19.3 Å². The molecule has 2 N–H and O–H groups in total. The van der Waals surface area contributed by atoms with Gasteiger partial charge in [0.2, 0.25) is 5.91 Å². The molecule has 8 heteroatoms. The van der Waals surface area contributed by atoms with Crippen LogP contribution in [0.2, 0.25) is 5.02 Å². The minimum absolute atomic E-state index is 0.0996. The second kappa shape index (κ2) is 8.17. The number of likely N-dealkylation sites (N-methyl/N-ethyl adjacent to an activating group) is 1. The quantitative estimate of drug-likeness (QED) is 0.780. The molecule has 1 aliphatic heterocycles. The lowest BCUT2D eigenvalue weighted by molar-refractivity contribution is -0.127. The molecule has 0 atom stereocenters. The Hall–Kier alpha value is -2.28. The molecule has 1 saturated carbocycles. The molecular formula is C19H25ClN4O3. The van der Waals surface area contributed by atoms with Crippen molar-refractivity contribution in [3.8, 4) is 0 Å². The predicted molar refractivity (Wildman–Crippen MR) is 104 cm³/mol. The Balaban J connectivity index is 1.49. The van der Waals surface area contributed by atoms with Gasteiger partial charge in [-0.05, 0) is 36.5 Å². The molecule has 0 unspecified atom stereocenters. The van der Waals surface area contributed by atoms with Gasteiger partial charge in [-0.25, -0.2) is 4.79 Å². The summed E-state index contributed by atoms with van der Waals surface area (Å²) in [4.78, 5) is 39.1. The molecule has 7 nitrogen and oxygen atoms in total. The lowest BCUT2D eigenvalue weighted by Crippen LogP contribution is -2.51. The van der Waals surface area contributed by atoms with Crippen LogP contribution in [-0.2, 0) is 4.79 Å². The van der Waals surface area contributed by atoms with E-state index < -0.39 is 5.91 Å². The van der Waals surface area contributed by atoms with Crippen LogP contribution < -0.4 is 10.6 Å². The summed E-state index contributed by atoms with van der Waals surface area (Å²) in [6, 6.07) is 4.57. The highest BCUT2D eigenvalue weighted by Gasteiger charge is 2.35. The number of likely N-dealkylation sites (tertiary alicyclic amines) is 1. The molecule has 1 heterocycles. The van der Waals surface area contributed by atoms with Gasteiger partial charge in [0.25, 0.3) is 5.91 Å². The van der Waals surface area contributed by atoms with Gasteiger partial charge in [-0.3, -0.25) is 9.59 Å². The highest BCUT2D eigenvalue weighted by atomic mass is 35.5. The Kier molecular flexibility index (Phi) is 5.89. The van der Waals surface area contributed by atoms with Crippen molar-refractivity contribution >= 4 is 35.1 Å². The summed E-state index contributed by atoms with van der Waals surface area (Å²) < 4.78 is 0. The number of urea groups is 1. The van der Waals surface area contributed by atoms with Gasteiger partial charge >= 0.3 is 6.03 Å². The molecule has 1 saturated heterocycles. The summed E-state index contributed by atoms with van der Waals surface area (Å²) in [5.41, 5.74) is 0.797. The van der Waals surface area contributed by atoms with E-state index in [1.54, 1.807) is 37.2 Å². The van der Waals surface area contributed by atoms with Crippen molar-refractivity contribution in [3.05, 3.63) is 28.8 Å². The van der Waals surface area contributed by atoms with E-state index in [0.29, 0.717) is 11.6 Å². The number of nitrogens with zero attached hydrogens (tertiary/aromatic N) is 2. The third-order valence-corrected chi connectivity index (χ3v) is 5.28. The summed E-state index contributed by atoms with van der Waals surface area (Å²) in [6.07, 6.45) is 3.91. The highest BCUT2D eigenvalue weighted by molar-refractivity contribution is 6.34. The number of carbonyl (C=O) groups is 3. The van der Waals surface area contributed by atoms with Crippen molar-refractivity contribution < 1.29 is 14.4 Å². The minimum atomic E-state index is -0.432. The molecule has 1 aromatic carbocycles. The van der Waals surface area contributed by atoms with Gasteiger partial charge in [0.1, 0.15) is 0 Å². The number of anilines is 1. The summed E-state index contributed by atoms with van der Waals surface area (Å²) in [6.45, 7) is 1.50. The molecule has 4 amide bonds. The van der Waals surface area contributed by atoms with Crippen molar-refractivity contribution in [2.24, 2.45) is 11.8 Å². The van der Waals surface area contributed by atoms with Crippen LogP contribution in [-0.4, -0.2) is 61.4 Å². The van der Waals surface area contributed by atoms with Crippen LogP contribution in [0.4, 0.5) is 10.5 Å². The Morgan fingerprint density at radius 3 is 2.48 bits per heavy atom. The van der Waals surface area contributed by atoms with Crippen LogP contribution in [0.25, 0.3) is 0 Å². The monoisotopic (exact) mass is 392 g/mol. The van der Waals surface area contributed by atoms with Gasteiger partial charge in [0.15, 0.2) is 0 Å². The smallest absolute Gasteiger partial charge is 0.321 e. The van der Waals surface area contributed by atoms with Gasteiger partial charge in [-0.15, -0.1) is 0 Å². The van der Waals surface area contributed by atoms with E-state index in [0.717, 1.165) is 19.0 Å². The molecule has 2 fully saturated rings. The Labute approximate surface area is 164 Å². The van der Waals surface area contributed by atoms with Crippen molar-refractivity contribution in [2.75, 3.05) is 39.0 Å². The summed E-state index contributed by atoms with van der Waals surface area (Å²) in [7, 11) is 3.23. The summed E-state index contributed by atoms with van der Waals surface area (Å²) >= 11 is 6.18. The molecular weight excluding hydrogens is 368 g/mol. The lowest BCUT2D eigenvalue weighted by atomic mass is 9.94. The standard InChI is InChI=1S/C19H25ClN4O3/c1-23(2)17(25)9-21-18(26)15-6-5-14(8-16(15)20)22-19(27)24-10-13(11-24)7-12-3-4-12/h5-6,8,12-13H,3-4,7,9-11H2,1-2H3,(H,21,26)(H,22,27). The Bertz CT molecular complexity index is 742. The first-order chi connectivity index (χ1) is 12.8. The number of nitrogens with one attached hydrogen (secondary N) is 2. The summed E-state index contributed by atoms with van der Waals surface area (Å²) in [5, 5.41) is 5.57. The summed E-state index contributed by atoms with van der Waals surface area (Å²) in [5.74, 6) is 0.866. The van der Waals surface area contributed by atoms with Gasteiger partial charge < -0.3 is 20.4 Å². The van der Waals surface area contributed by atoms with E-state index in [1.165, 1.54) is 24.2 Å². The SMILES string of the molecule is CN(C)C(=O)CNC(=O)c1ccc(NC(=O)N2CC(CC3CC3)C2)cc1Cl. The number of rotatable bonds is 6. The number of hydrogen-bond donors (Lipinski definition) is 2. The van der Waals surface area contributed by atoms with Gasteiger partial charge in [0.05, 0.1) is 17.1 Å². The number of benzene rings is 1. The molecule has 27 heavy (non-hydrogen) atoms. The maximum atomic E-state index is 12.3. The first-order valence-corrected chi connectivity index (χ1v) is 9.55. The lowest BCUT2D eigenvalue weighted by Gasteiger charge is -2.39. The first-order valence-electron chi connectivity index (χ1n) is 9.17. The van der Waals surface area contributed by atoms with E-state index in [2.05, 4.69) is 10.6 Å².